The molecule has 0 saturated heterocycles. The molecule has 6 heteroatoms. The van der Waals surface area contributed by atoms with Crippen molar-refractivity contribution in [1.29, 1.82) is 5.26 Å². The van der Waals surface area contributed by atoms with Crippen molar-refractivity contribution < 1.29 is 9.59 Å². The van der Waals surface area contributed by atoms with E-state index < -0.39 is 5.91 Å². The van der Waals surface area contributed by atoms with E-state index in [9.17, 15) is 14.9 Å². The van der Waals surface area contributed by atoms with Gasteiger partial charge in [0, 0.05) is 30.2 Å². The molecular weight excluding hydrogens is 316 g/mol. The van der Waals surface area contributed by atoms with Gasteiger partial charge in [-0.25, -0.2) is 0 Å². The lowest BCUT2D eigenvalue weighted by Crippen LogP contribution is -2.25. The van der Waals surface area contributed by atoms with Crippen LogP contribution in [0.1, 0.15) is 12.5 Å². The number of benzene rings is 2. The molecule has 0 heterocycles. The van der Waals surface area contributed by atoms with Gasteiger partial charge in [-0.05, 0) is 43.3 Å². The minimum atomic E-state index is -0.590. The molecule has 6 nitrogen and oxygen atoms in total. The molecule has 0 bridgehead atoms. The monoisotopic (exact) mass is 334 g/mol. The van der Waals surface area contributed by atoms with Gasteiger partial charge >= 0.3 is 0 Å². The number of nitriles is 1. The fourth-order valence-corrected chi connectivity index (χ4v) is 2.08. The van der Waals surface area contributed by atoms with Gasteiger partial charge in [0.1, 0.15) is 11.6 Å². The SMILES string of the molecule is CC(=O)N(/C=C(/C#N)C(=O)Nc1ccc(C)cc1)c1ccc(N)cc1. The largest absolute Gasteiger partial charge is 0.399 e. The molecule has 0 aliphatic carbocycles. The van der Waals surface area contributed by atoms with Gasteiger partial charge in [0.15, 0.2) is 0 Å². The van der Waals surface area contributed by atoms with Crippen molar-refractivity contribution in [3.63, 3.8) is 0 Å². The summed E-state index contributed by atoms with van der Waals surface area (Å²) in [6, 6.07) is 15.6. The van der Waals surface area contributed by atoms with Gasteiger partial charge in [0.05, 0.1) is 0 Å². The van der Waals surface area contributed by atoms with Crippen LogP contribution < -0.4 is 16.0 Å². The Hall–Kier alpha value is -3.59. The molecule has 3 N–H and O–H groups in total. The van der Waals surface area contributed by atoms with E-state index in [0.29, 0.717) is 17.1 Å². The lowest BCUT2D eigenvalue weighted by atomic mass is 10.2. The Morgan fingerprint density at radius 2 is 1.72 bits per heavy atom. The second kappa shape index (κ2) is 7.79. The minimum absolute atomic E-state index is 0.187. The lowest BCUT2D eigenvalue weighted by molar-refractivity contribution is -0.116. The number of nitrogens with zero attached hydrogens (tertiary/aromatic N) is 2. The highest BCUT2D eigenvalue weighted by Crippen LogP contribution is 2.18. The zero-order valence-corrected chi connectivity index (χ0v) is 14.0. The Morgan fingerprint density at radius 1 is 1.12 bits per heavy atom. The lowest BCUT2D eigenvalue weighted by Gasteiger charge is -2.17. The Kier molecular flexibility index (Phi) is 5.54. The standard InChI is InChI=1S/C19H18N4O2/c1-13-3-7-17(8-4-13)22-19(25)15(11-20)12-23(14(2)24)18-9-5-16(21)6-10-18/h3-10,12H,21H2,1-2H3,(H,22,25)/b15-12-. The molecule has 0 radical (unpaired) electrons. The summed E-state index contributed by atoms with van der Waals surface area (Å²) in [5, 5.41) is 11.9. The van der Waals surface area contributed by atoms with Crippen molar-refractivity contribution in [2.75, 3.05) is 16.0 Å². The number of rotatable bonds is 4. The predicted molar refractivity (Wildman–Crippen MR) is 97.5 cm³/mol. The minimum Gasteiger partial charge on any atom is -0.399 e. The number of hydrogen-bond acceptors (Lipinski definition) is 4. The van der Waals surface area contributed by atoms with Crippen LogP contribution in [0.3, 0.4) is 0 Å². The number of aryl methyl sites for hydroxylation is 1. The normalized spacial score (nSPS) is 10.7. The van der Waals surface area contributed by atoms with Crippen molar-refractivity contribution in [2.45, 2.75) is 13.8 Å². The highest BCUT2D eigenvalue weighted by molar-refractivity contribution is 6.08. The predicted octanol–water partition coefficient (Wildman–Crippen LogP) is 2.98. The van der Waals surface area contributed by atoms with Crippen LogP contribution in [0.25, 0.3) is 0 Å². The number of amides is 2. The molecule has 126 valence electrons. The van der Waals surface area contributed by atoms with Crippen LogP contribution in [0.5, 0.6) is 0 Å². The van der Waals surface area contributed by atoms with Crippen molar-refractivity contribution in [1.82, 2.24) is 0 Å². The third-order valence-electron chi connectivity index (χ3n) is 3.44. The first-order valence-corrected chi connectivity index (χ1v) is 7.56. The number of anilines is 3. The number of carbonyl (C=O) groups is 2. The summed E-state index contributed by atoms with van der Waals surface area (Å²) >= 11 is 0. The van der Waals surface area contributed by atoms with Crippen LogP contribution in [0.15, 0.2) is 60.3 Å². The summed E-state index contributed by atoms with van der Waals surface area (Å²) in [6.07, 6.45) is 1.22. The summed E-state index contributed by atoms with van der Waals surface area (Å²) in [5.74, 6) is -0.922. The molecule has 0 spiro atoms. The summed E-state index contributed by atoms with van der Waals surface area (Å²) in [7, 11) is 0. The van der Waals surface area contributed by atoms with Gasteiger partial charge in [-0.15, -0.1) is 0 Å². The first kappa shape index (κ1) is 17.8. The molecule has 0 saturated carbocycles. The number of carbonyl (C=O) groups excluding carboxylic acids is 2. The smallest absolute Gasteiger partial charge is 0.267 e. The van der Waals surface area contributed by atoms with Crippen molar-refractivity contribution in [2.24, 2.45) is 0 Å². The highest BCUT2D eigenvalue weighted by Gasteiger charge is 2.15. The summed E-state index contributed by atoms with van der Waals surface area (Å²) in [6.45, 7) is 3.28. The van der Waals surface area contributed by atoms with Crippen molar-refractivity contribution in [3.8, 4) is 6.07 Å². The third-order valence-corrected chi connectivity index (χ3v) is 3.44. The third kappa shape index (κ3) is 4.69. The topological polar surface area (TPSA) is 99.2 Å². The summed E-state index contributed by atoms with van der Waals surface area (Å²) < 4.78 is 0. The number of nitrogens with one attached hydrogen (secondary N) is 1. The van der Waals surface area contributed by atoms with E-state index in [1.54, 1.807) is 36.4 Å². The highest BCUT2D eigenvalue weighted by atomic mass is 16.2. The maximum absolute atomic E-state index is 12.3. The Bertz CT molecular complexity index is 846. The molecule has 2 aromatic rings. The Morgan fingerprint density at radius 3 is 2.24 bits per heavy atom. The van der Waals surface area contributed by atoms with Crippen LogP contribution in [-0.2, 0) is 9.59 Å². The fraction of sp³-hybridized carbons (Fsp3) is 0.105. The van der Waals surface area contributed by atoms with Gasteiger partial charge < -0.3 is 11.1 Å². The van der Waals surface area contributed by atoms with Gasteiger partial charge in [-0.1, -0.05) is 17.7 Å². The number of nitrogen functional groups attached to an aromatic ring is 1. The molecule has 2 rings (SSSR count). The van der Waals surface area contributed by atoms with Crippen LogP contribution >= 0.6 is 0 Å². The molecule has 2 amide bonds. The molecule has 0 aliphatic rings. The second-order valence-electron chi connectivity index (χ2n) is 5.46. The van der Waals surface area contributed by atoms with E-state index in [1.807, 2.05) is 25.1 Å². The molecule has 0 fully saturated rings. The summed E-state index contributed by atoms with van der Waals surface area (Å²) in [4.78, 5) is 25.4. The maximum Gasteiger partial charge on any atom is 0.267 e. The molecule has 0 atom stereocenters. The number of nitrogens with two attached hydrogens (primary N) is 1. The Labute approximate surface area is 146 Å². The molecular formula is C19H18N4O2. The molecule has 0 aromatic heterocycles. The van der Waals surface area contributed by atoms with Gasteiger partial charge in [0.25, 0.3) is 5.91 Å². The van der Waals surface area contributed by atoms with Crippen molar-refractivity contribution >= 4 is 28.9 Å². The van der Waals surface area contributed by atoms with E-state index in [4.69, 9.17) is 5.73 Å². The van der Waals surface area contributed by atoms with Crippen LogP contribution in [0.4, 0.5) is 17.1 Å². The average molecular weight is 334 g/mol. The van der Waals surface area contributed by atoms with Crippen LogP contribution in [0, 0.1) is 18.3 Å². The second-order valence-corrected chi connectivity index (χ2v) is 5.46. The van der Waals surface area contributed by atoms with E-state index in [0.717, 1.165) is 5.56 Å². The molecule has 2 aromatic carbocycles. The van der Waals surface area contributed by atoms with E-state index in [-0.39, 0.29) is 11.5 Å². The first-order valence-electron chi connectivity index (χ1n) is 7.56. The van der Waals surface area contributed by atoms with E-state index in [2.05, 4.69) is 5.32 Å². The van der Waals surface area contributed by atoms with Crippen molar-refractivity contribution in [3.05, 3.63) is 65.9 Å². The molecule has 25 heavy (non-hydrogen) atoms. The molecule has 0 unspecified atom stereocenters. The first-order chi connectivity index (χ1) is 11.9. The fourth-order valence-electron chi connectivity index (χ4n) is 2.08. The quantitative estimate of drug-likeness (QED) is 0.510. The van der Waals surface area contributed by atoms with Gasteiger partial charge in [-0.3, -0.25) is 14.5 Å². The van der Waals surface area contributed by atoms with Gasteiger partial charge in [-0.2, -0.15) is 5.26 Å². The van der Waals surface area contributed by atoms with E-state index in [1.165, 1.54) is 18.0 Å². The number of hydrogen-bond donors (Lipinski definition) is 2. The van der Waals surface area contributed by atoms with E-state index >= 15 is 0 Å². The average Bonchev–Trinajstić information content (AvgIpc) is 2.58. The van der Waals surface area contributed by atoms with Gasteiger partial charge in [0.2, 0.25) is 5.91 Å². The van der Waals surface area contributed by atoms with Crippen LogP contribution in [0.2, 0.25) is 0 Å². The zero-order chi connectivity index (χ0) is 18.4. The summed E-state index contributed by atoms with van der Waals surface area (Å²) in [5.41, 5.74) is 8.14. The maximum atomic E-state index is 12.3. The zero-order valence-electron chi connectivity index (χ0n) is 14.0. The molecule has 0 aliphatic heterocycles. The Balaban J connectivity index is 2.27. The van der Waals surface area contributed by atoms with Crippen LogP contribution in [-0.4, -0.2) is 11.8 Å².